The smallest absolute Gasteiger partial charge is 0.254 e. The van der Waals surface area contributed by atoms with Crippen molar-refractivity contribution < 1.29 is 9.53 Å². The highest BCUT2D eigenvalue weighted by Crippen LogP contribution is 2.23. The van der Waals surface area contributed by atoms with Gasteiger partial charge in [-0.05, 0) is 42.1 Å². The zero-order chi connectivity index (χ0) is 22.8. The van der Waals surface area contributed by atoms with E-state index in [1.807, 2.05) is 30.8 Å². The number of hydrogen-bond donors (Lipinski definition) is 0. The van der Waals surface area contributed by atoms with E-state index in [1.165, 1.54) is 10.6 Å². The van der Waals surface area contributed by atoms with Gasteiger partial charge in [0.15, 0.2) is 5.65 Å². The zero-order valence-corrected chi connectivity index (χ0v) is 19.7. The molecule has 4 heterocycles. The first-order valence-corrected chi connectivity index (χ1v) is 12.0. The lowest BCUT2D eigenvalue weighted by atomic mass is 10.1. The van der Waals surface area contributed by atoms with Crippen LogP contribution in [0.4, 0.5) is 5.69 Å². The fourth-order valence-electron chi connectivity index (χ4n) is 4.20. The summed E-state index contributed by atoms with van der Waals surface area (Å²) in [4.78, 5) is 23.4. The molecule has 0 N–H and O–H groups in total. The predicted octanol–water partition coefficient (Wildman–Crippen LogP) is 3.96. The summed E-state index contributed by atoms with van der Waals surface area (Å²) in [5.41, 5.74) is 4.48. The molecular weight excluding hydrogens is 434 g/mol. The molecule has 0 radical (unpaired) electrons. The Labute approximate surface area is 197 Å². The number of amides is 1. The molecule has 0 saturated carbocycles. The van der Waals surface area contributed by atoms with E-state index in [4.69, 9.17) is 4.74 Å². The lowest BCUT2D eigenvalue weighted by Crippen LogP contribution is -2.36. The maximum absolute atomic E-state index is 13.4. The number of pyridine rings is 1. The van der Waals surface area contributed by atoms with E-state index in [2.05, 4.69) is 50.7 Å². The third-order valence-corrected chi connectivity index (χ3v) is 6.79. The Morgan fingerprint density at radius 3 is 2.70 bits per heavy atom. The van der Waals surface area contributed by atoms with Crippen LogP contribution in [-0.2, 0) is 17.8 Å². The monoisotopic (exact) mass is 461 g/mol. The molecule has 0 atom stereocenters. The molecule has 1 amide bonds. The number of thiophene rings is 1. The molecule has 0 unspecified atom stereocenters. The molecule has 1 aliphatic rings. The average molecular weight is 462 g/mol. The first-order chi connectivity index (χ1) is 16.1. The SMILES string of the molecule is Cc1cc(C(=O)N(C)Cc2ccc(N3CCOCC3)cc2)c2cnn(Cc3cccs3)c2n1. The summed E-state index contributed by atoms with van der Waals surface area (Å²) in [6.45, 7) is 6.46. The maximum Gasteiger partial charge on any atom is 0.254 e. The summed E-state index contributed by atoms with van der Waals surface area (Å²) in [5, 5.41) is 7.37. The van der Waals surface area contributed by atoms with Gasteiger partial charge in [0, 0.05) is 42.9 Å². The molecule has 1 aliphatic heterocycles. The van der Waals surface area contributed by atoms with Crippen molar-refractivity contribution in [1.29, 1.82) is 0 Å². The van der Waals surface area contributed by atoms with Crippen LogP contribution in [0.2, 0.25) is 0 Å². The van der Waals surface area contributed by atoms with Gasteiger partial charge >= 0.3 is 0 Å². The molecule has 1 saturated heterocycles. The minimum atomic E-state index is -0.0292. The van der Waals surface area contributed by atoms with E-state index in [0.29, 0.717) is 18.7 Å². The van der Waals surface area contributed by atoms with Crippen LogP contribution in [0.15, 0.2) is 54.0 Å². The third-order valence-electron chi connectivity index (χ3n) is 5.93. The van der Waals surface area contributed by atoms with Gasteiger partial charge in [-0.15, -0.1) is 11.3 Å². The highest BCUT2D eigenvalue weighted by molar-refractivity contribution is 7.09. The maximum atomic E-state index is 13.4. The van der Waals surface area contributed by atoms with Crippen LogP contribution >= 0.6 is 11.3 Å². The topological polar surface area (TPSA) is 63.5 Å². The highest BCUT2D eigenvalue weighted by Gasteiger charge is 2.20. The van der Waals surface area contributed by atoms with E-state index in [-0.39, 0.29) is 5.91 Å². The second-order valence-electron chi connectivity index (χ2n) is 8.36. The Morgan fingerprint density at radius 2 is 1.97 bits per heavy atom. The number of rotatable bonds is 6. The molecule has 0 aliphatic carbocycles. The number of anilines is 1. The van der Waals surface area contributed by atoms with Crippen LogP contribution in [0, 0.1) is 6.92 Å². The molecule has 7 nitrogen and oxygen atoms in total. The van der Waals surface area contributed by atoms with Gasteiger partial charge in [0.1, 0.15) is 0 Å². The molecular formula is C25H27N5O2S. The standard InChI is InChI=1S/C25H27N5O2S/c1-18-14-22(23-15-26-30(24(23)27-18)17-21-4-3-13-33-21)25(31)28(2)16-19-5-7-20(8-6-19)29-9-11-32-12-10-29/h3-8,13-15H,9-12,16-17H2,1-2H3. The van der Waals surface area contributed by atoms with Crippen molar-refractivity contribution in [2.75, 3.05) is 38.3 Å². The van der Waals surface area contributed by atoms with Crippen molar-refractivity contribution in [3.63, 3.8) is 0 Å². The Hall–Kier alpha value is -3.23. The van der Waals surface area contributed by atoms with Crippen molar-refractivity contribution in [3.8, 4) is 0 Å². The Balaban J connectivity index is 1.34. The van der Waals surface area contributed by atoms with E-state index in [0.717, 1.165) is 48.6 Å². The first-order valence-electron chi connectivity index (χ1n) is 11.1. The van der Waals surface area contributed by atoms with Gasteiger partial charge in [-0.3, -0.25) is 4.79 Å². The van der Waals surface area contributed by atoms with Crippen molar-refractivity contribution in [2.45, 2.75) is 20.0 Å². The van der Waals surface area contributed by atoms with Gasteiger partial charge in [0.2, 0.25) is 0 Å². The van der Waals surface area contributed by atoms with Gasteiger partial charge in [0.25, 0.3) is 5.91 Å². The number of fused-ring (bicyclic) bond motifs is 1. The third kappa shape index (κ3) is 4.62. The molecule has 3 aromatic heterocycles. The lowest BCUT2D eigenvalue weighted by molar-refractivity contribution is 0.0787. The predicted molar refractivity (Wildman–Crippen MR) is 131 cm³/mol. The zero-order valence-electron chi connectivity index (χ0n) is 18.9. The fourth-order valence-corrected chi connectivity index (χ4v) is 4.89. The van der Waals surface area contributed by atoms with Crippen molar-refractivity contribution in [1.82, 2.24) is 19.7 Å². The molecule has 8 heteroatoms. The van der Waals surface area contributed by atoms with Gasteiger partial charge in [-0.1, -0.05) is 18.2 Å². The van der Waals surface area contributed by atoms with Crippen LogP contribution in [0.3, 0.4) is 0 Å². The highest BCUT2D eigenvalue weighted by atomic mass is 32.1. The Morgan fingerprint density at radius 1 is 1.18 bits per heavy atom. The minimum absolute atomic E-state index is 0.0292. The number of hydrogen-bond acceptors (Lipinski definition) is 6. The number of carbonyl (C=O) groups excluding carboxylic acids is 1. The molecule has 0 bridgehead atoms. The molecule has 5 rings (SSSR count). The van der Waals surface area contributed by atoms with Crippen LogP contribution in [0.25, 0.3) is 11.0 Å². The van der Waals surface area contributed by atoms with E-state index >= 15 is 0 Å². The summed E-state index contributed by atoms with van der Waals surface area (Å²) < 4.78 is 7.31. The van der Waals surface area contributed by atoms with Gasteiger partial charge in [-0.2, -0.15) is 5.10 Å². The van der Waals surface area contributed by atoms with Gasteiger partial charge in [0.05, 0.1) is 36.9 Å². The van der Waals surface area contributed by atoms with E-state index in [9.17, 15) is 4.79 Å². The summed E-state index contributed by atoms with van der Waals surface area (Å²) in [5.74, 6) is -0.0292. The quantitative estimate of drug-likeness (QED) is 0.435. The summed E-state index contributed by atoms with van der Waals surface area (Å²) in [6, 6.07) is 14.4. The molecule has 1 aromatic carbocycles. The molecule has 1 fully saturated rings. The van der Waals surface area contributed by atoms with Crippen molar-refractivity contribution in [3.05, 3.63) is 75.7 Å². The van der Waals surface area contributed by atoms with Crippen LogP contribution in [0.1, 0.15) is 26.5 Å². The number of benzene rings is 1. The summed E-state index contributed by atoms with van der Waals surface area (Å²) >= 11 is 1.69. The van der Waals surface area contributed by atoms with Crippen LogP contribution in [0.5, 0.6) is 0 Å². The number of ether oxygens (including phenoxy) is 1. The minimum Gasteiger partial charge on any atom is -0.378 e. The normalized spacial score (nSPS) is 14.1. The fraction of sp³-hybridized carbons (Fsp3) is 0.320. The molecule has 4 aromatic rings. The van der Waals surface area contributed by atoms with E-state index in [1.54, 1.807) is 22.4 Å². The average Bonchev–Trinajstić information content (AvgIpc) is 3.50. The number of aryl methyl sites for hydroxylation is 1. The number of morpholine rings is 1. The van der Waals surface area contributed by atoms with Gasteiger partial charge in [-0.25, -0.2) is 9.67 Å². The van der Waals surface area contributed by atoms with Crippen molar-refractivity contribution >= 4 is 34.0 Å². The van der Waals surface area contributed by atoms with Gasteiger partial charge < -0.3 is 14.5 Å². The molecule has 33 heavy (non-hydrogen) atoms. The summed E-state index contributed by atoms with van der Waals surface area (Å²) in [6.07, 6.45) is 1.76. The van der Waals surface area contributed by atoms with Crippen molar-refractivity contribution in [2.24, 2.45) is 0 Å². The van der Waals surface area contributed by atoms with E-state index < -0.39 is 0 Å². The second kappa shape index (κ2) is 9.33. The first kappa shape index (κ1) is 21.6. The van der Waals surface area contributed by atoms with Crippen LogP contribution in [-0.4, -0.2) is 58.9 Å². The number of aromatic nitrogens is 3. The lowest BCUT2D eigenvalue weighted by Gasteiger charge is -2.29. The number of carbonyl (C=O) groups is 1. The Bertz CT molecular complexity index is 1240. The largest absolute Gasteiger partial charge is 0.378 e. The summed E-state index contributed by atoms with van der Waals surface area (Å²) in [7, 11) is 1.84. The molecule has 170 valence electrons. The number of nitrogens with zero attached hydrogens (tertiary/aromatic N) is 5. The molecule has 0 spiro atoms. The Kier molecular flexibility index (Phi) is 6.11. The van der Waals surface area contributed by atoms with Crippen LogP contribution < -0.4 is 4.90 Å². The second-order valence-corrected chi connectivity index (χ2v) is 9.39.